The van der Waals surface area contributed by atoms with Gasteiger partial charge in [-0.05, 0) is 25.4 Å². The van der Waals surface area contributed by atoms with E-state index in [9.17, 15) is 0 Å². The lowest BCUT2D eigenvalue weighted by Crippen LogP contribution is -2.30. The van der Waals surface area contributed by atoms with Crippen LogP contribution in [-0.2, 0) is 4.52 Å². The van der Waals surface area contributed by atoms with E-state index in [-0.39, 0.29) is 8.30 Å². The molecule has 2 unspecified atom stereocenters. The van der Waals surface area contributed by atoms with Crippen LogP contribution in [0.4, 0.5) is 0 Å². The van der Waals surface area contributed by atoms with Crippen molar-refractivity contribution in [2.45, 2.75) is 31.7 Å². The first-order valence-electron chi connectivity index (χ1n) is 5.49. The maximum atomic E-state index is 5.85. The summed E-state index contributed by atoms with van der Waals surface area (Å²) in [5, 5.41) is 0. The highest BCUT2D eigenvalue weighted by Crippen LogP contribution is 2.55. The quantitative estimate of drug-likeness (QED) is 0.556. The van der Waals surface area contributed by atoms with Crippen LogP contribution in [0, 0.1) is 11.8 Å². The van der Waals surface area contributed by atoms with Crippen molar-refractivity contribution in [1.29, 1.82) is 0 Å². The van der Waals surface area contributed by atoms with Gasteiger partial charge in [-0.3, -0.25) is 4.67 Å². The Bertz CT molecular complexity index is 209. The van der Waals surface area contributed by atoms with Gasteiger partial charge in [0.1, 0.15) is 8.30 Å². The van der Waals surface area contributed by atoms with Crippen molar-refractivity contribution in [3.05, 3.63) is 0 Å². The zero-order valence-electron chi connectivity index (χ0n) is 8.28. The fraction of sp³-hybridized carbons (Fsp3) is 1.00. The van der Waals surface area contributed by atoms with Gasteiger partial charge in [-0.15, -0.1) is 0 Å². The van der Waals surface area contributed by atoms with Crippen molar-refractivity contribution in [2.24, 2.45) is 11.8 Å². The summed E-state index contributed by atoms with van der Waals surface area (Å²) in [4.78, 5) is 0. The fourth-order valence-corrected chi connectivity index (χ4v) is 5.05. The van der Waals surface area contributed by atoms with Gasteiger partial charge in [-0.1, -0.05) is 12.8 Å². The van der Waals surface area contributed by atoms with Crippen molar-refractivity contribution in [3.8, 4) is 0 Å². The Hall–Kier alpha value is 0.350. The van der Waals surface area contributed by atoms with Crippen LogP contribution in [-0.4, -0.2) is 30.5 Å². The van der Waals surface area contributed by atoms with Crippen LogP contribution in [0.5, 0.6) is 0 Å². The zero-order chi connectivity index (χ0) is 8.84. The first kappa shape index (κ1) is 8.64. The largest absolute Gasteiger partial charge is 0.343 e. The maximum Gasteiger partial charge on any atom is 0.101 e. The number of fused-ring (bicyclic) bond motifs is 5. The Morgan fingerprint density at radius 1 is 1.31 bits per heavy atom. The molecular formula is C10H18NOP. The summed E-state index contributed by atoms with van der Waals surface area (Å²) in [5.41, 5.74) is 0. The van der Waals surface area contributed by atoms with Crippen LogP contribution in [0.15, 0.2) is 0 Å². The van der Waals surface area contributed by atoms with Crippen LogP contribution in [0.25, 0.3) is 0 Å². The molecule has 0 N–H and O–H groups in total. The molecule has 0 radical (unpaired) electrons. The summed E-state index contributed by atoms with van der Waals surface area (Å²) in [5.74, 6) is 1.87. The highest BCUT2D eigenvalue weighted by atomic mass is 31.2. The molecule has 3 rings (SSSR count). The third-order valence-corrected chi connectivity index (χ3v) is 5.73. The third kappa shape index (κ3) is 1.26. The second kappa shape index (κ2) is 3.18. The number of nitrogens with zero attached hydrogens (tertiary/aromatic N) is 1. The summed E-state index contributed by atoms with van der Waals surface area (Å²) in [6, 6.07) is 0.900. The normalized spacial score (nSPS) is 54.7. The van der Waals surface area contributed by atoms with E-state index < -0.39 is 0 Å². The summed E-state index contributed by atoms with van der Waals surface area (Å²) in [6.07, 6.45) is 5.83. The highest BCUT2D eigenvalue weighted by molar-refractivity contribution is 7.49. The molecule has 3 heteroatoms. The van der Waals surface area contributed by atoms with E-state index >= 15 is 0 Å². The predicted octanol–water partition coefficient (Wildman–Crippen LogP) is 2.45. The molecule has 3 fully saturated rings. The second-order valence-electron chi connectivity index (χ2n) is 4.66. The molecule has 2 nitrogen and oxygen atoms in total. The highest BCUT2D eigenvalue weighted by Gasteiger charge is 2.47. The van der Waals surface area contributed by atoms with E-state index in [2.05, 4.69) is 11.3 Å². The van der Waals surface area contributed by atoms with Crippen LogP contribution in [0.3, 0.4) is 0 Å². The number of hydrogen-bond acceptors (Lipinski definition) is 2. The van der Waals surface area contributed by atoms with Gasteiger partial charge >= 0.3 is 0 Å². The first-order chi connectivity index (χ1) is 6.36. The molecule has 3 aliphatic rings. The molecule has 13 heavy (non-hydrogen) atoms. The van der Waals surface area contributed by atoms with Gasteiger partial charge in [0.15, 0.2) is 0 Å². The molecule has 2 saturated heterocycles. The van der Waals surface area contributed by atoms with E-state index in [1.54, 1.807) is 0 Å². The van der Waals surface area contributed by atoms with Crippen LogP contribution in [0.2, 0.25) is 0 Å². The zero-order valence-corrected chi connectivity index (χ0v) is 9.17. The molecule has 0 aromatic rings. The molecule has 74 valence electrons. The predicted molar refractivity (Wildman–Crippen MR) is 54.7 cm³/mol. The number of rotatable bonds is 0. The van der Waals surface area contributed by atoms with Crippen molar-refractivity contribution in [1.82, 2.24) is 4.67 Å². The Balaban J connectivity index is 1.85. The average Bonchev–Trinajstić information content (AvgIpc) is 2.48. The van der Waals surface area contributed by atoms with Gasteiger partial charge in [-0.25, -0.2) is 0 Å². The summed E-state index contributed by atoms with van der Waals surface area (Å²) in [7, 11) is -0.224. The molecule has 1 saturated carbocycles. The topological polar surface area (TPSA) is 12.5 Å². The van der Waals surface area contributed by atoms with Gasteiger partial charge in [-0.2, -0.15) is 0 Å². The van der Waals surface area contributed by atoms with Crippen LogP contribution in [0.1, 0.15) is 25.7 Å². The van der Waals surface area contributed by atoms with E-state index in [1.165, 1.54) is 32.2 Å². The van der Waals surface area contributed by atoms with E-state index in [4.69, 9.17) is 4.52 Å². The molecule has 5 atom stereocenters. The smallest absolute Gasteiger partial charge is 0.101 e. The molecule has 2 heterocycles. The third-order valence-electron chi connectivity index (χ3n) is 4.03. The molecule has 1 aliphatic carbocycles. The van der Waals surface area contributed by atoms with Gasteiger partial charge in [0.2, 0.25) is 0 Å². The van der Waals surface area contributed by atoms with Crippen molar-refractivity contribution in [3.63, 3.8) is 0 Å². The summed E-state index contributed by atoms with van der Waals surface area (Å²) < 4.78 is 8.52. The first-order valence-corrected chi connectivity index (χ1v) is 7.15. The standard InChI is InChI=1S/C10H18NOP/c1-13-11-6-8(7-12-13)9-4-2-3-5-10(9)11/h8-10H,2-7H2,1H3/t8-,9+,10+,13?/m1/s1. The number of hydrogen-bond donors (Lipinski definition) is 0. The fourth-order valence-electron chi connectivity index (χ4n) is 3.35. The van der Waals surface area contributed by atoms with E-state index in [1.807, 2.05) is 0 Å². The average molecular weight is 199 g/mol. The minimum atomic E-state index is -0.224. The van der Waals surface area contributed by atoms with Gasteiger partial charge < -0.3 is 4.52 Å². The summed E-state index contributed by atoms with van der Waals surface area (Å²) in [6.45, 7) is 4.68. The molecule has 0 amide bonds. The lowest BCUT2D eigenvalue weighted by atomic mass is 9.80. The van der Waals surface area contributed by atoms with Gasteiger partial charge in [0, 0.05) is 18.5 Å². The minimum absolute atomic E-state index is 0.224. The van der Waals surface area contributed by atoms with Crippen molar-refractivity contribution < 1.29 is 4.52 Å². The molecule has 2 aliphatic heterocycles. The Labute approximate surface area is 81.5 Å². The van der Waals surface area contributed by atoms with Gasteiger partial charge in [0.25, 0.3) is 0 Å². The molecule has 0 spiro atoms. The van der Waals surface area contributed by atoms with Crippen molar-refractivity contribution >= 4 is 8.30 Å². The Morgan fingerprint density at radius 2 is 2.15 bits per heavy atom. The van der Waals surface area contributed by atoms with Crippen molar-refractivity contribution in [2.75, 3.05) is 19.8 Å². The van der Waals surface area contributed by atoms with E-state index in [0.717, 1.165) is 24.5 Å². The SMILES string of the molecule is CP1OC[C@H]2CN1[C@H]1CCCC[C@@H]21. The molecule has 0 aromatic carbocycles. The van der Waals surface area contributed by atoms with Crippen LogP contribution < -0.4 is 0 Å². The summed E-state index contributed by atoms with van der Waals surface area (Å²) >= 11 is 0. The maximum absolute atomic E-state index is 5.85. The lowest BCUT2D eigenvalue weighted by Gasteiger charge is -2.33. The molecule has 2 bridgehead atoms. The lowest BCUT2D eigenvalue weighted by molar-refractivity contribution is 0.208. The molecular weight excluding hydrogens is 181 g/mol. The van der Waals surface area contributed by atoms with Gasteiger partial charge in [0.05, 0.1) is 6.61 Å². The van der Waals surface area contributed by atoms with E-state index in [0.29, 0.717) is 0 Å². The monoisotopic (exact) mass is 199 g/mol. The molecule has 0 aromatic heterocycles. The second-order valence-corrected chi connectivity index (χ2v) is 6.36. The van der Waals surface area contributed by atoms with Crippen LogP contribution >= 0.6 is 8.30 Å². The Kier molecular flexibility index (Phi) is 2.12. The Morgan fingerprint density at radius 3 is 3.08 bits per heavy atom. The minimum Gasteiger partial charge on any atom is -0.343 e.